The van der Waals surface area contributed by atoms with Gasteiger partial charge in [-0.2, -0.15) is 0 Å². The van der Waals surface area contributed by atoms with Crippen LogP contribution in [0.2, 0.25) is 0 Å². The lowest BCUT2D eigenvalue weighted by Crippen LogP contribution is -2.33. The van der Waals surface area contributed by atoms with Crippen molar-refractivity contribution in [2.75, 3.05) is 13.2 Å². The van der Waals surface area contributed by atoms with E-state index in [1.807, 2.05) is 6.92 Å². The molecule has 1 aliphatic carbocycles. The topological polar surface area (TPSA) is 45.1 Å². The van der Waals surface area contributed by atoms with Gasteiger partial charge in [-0.25, -0.2) is 4.39 Å². The third-order valence-corrected chi connectivity index (χ3v) is 4.18. The van der Waals surface area contributed by atoms with E-state index in [4.69, 9.17) is 0 Å². The Labute approximate surface area is 114 Å². The summed E-state index contributed by atoms with van der Waals surface area (Å²) in [4.78, 5) is 4.09. The Morgan fingerprint density at radius 2 is 2.11 bits per heavy atom. The zero-order chi connectivity index (χ0) is 13.7. The van der Waals surface area contributed by atoms with Gasteiger partial charge in [-0.05, 0) is 50.3 Å². The SMILES string of the molecule is CC(NCC1CCCCC1CO)c1ccc(F)cn1. The number of hydrogen-bond acceptors (Lipinski definition) is 3. The van der Waals surface area contributed by atoms with Crippen molar-refractivity contribution in [1.82, 2.24) is 10.3 Å². The highest BCUT2D eigenvalue weighted by Gasteiger charge is 2.24. The molecule has 3 atom stereocenters. The Morgan fingerprint density at radius 1 is 1.37 bits per heavy atom. The lowest BCUT2D eigenvalue weighted by atomic mass is 9.79. The zero-order valence-electron chi connectivity index (χ0n) is 11.5. The zero-order valence-corrected chi connectivity index (χ0v) is 11.5. The van der Waals surface area contributed by atoms with Gasteiger partial charge in [0.1, 0.15) is 5.82 Å². The maximum atomic E-state index is 12.8. The fourth-order valence-electron chi connectivity index (χ4n) is 2.87. The number of rotatable bonds is 5. The van der Waals surface area contributed by atoms with Crippen LogP contribution in [0.15, 0.2) is 18.3 Å². The number of hydrogen-bond donors (Lipinski definition) is 2. The minimum absolute atomic E-state index is 0.113. The van der Waals surface area contributed by atoms with Gasteiger partial charge in [0.05, 0.1) is 11.9 Å². The van der Waals surface area contributed by atoms with Crippen molar-refractivity contribution >= 4 is 0 Å². The average Bonchev–Trinajstić information content (AvgIpc) is 2.45. The summed E-state index contributed by atoms with van der Waals surface area (Å²) in [5.74, 6) is 0.667. The molecule has 1 fully saturated rings. The quantitative estimate of drug-likeness (QED) is 0.861. The first-order valence-corrected chi connectivity index (χ1v) is 7.16. The molecule has 0 spiro atoms. The van der Waals surface area contributed by atoms with Crippen LogP contribution in [0, 0.1) is 17.7 Å². The highest BCUT2D eigenvalue weighted by atomic mass is 19.1. The standard InChI is InChI=1S/C15H23FN2O/c1-11(15-7-6-14(16)9-18-15)17-8-12-4-2-3-5-13(12)10-19/h6-7,9,11-13,17,19H,2-5,8,10H2,1H3. The maximum Gasteiger partial charge on any atom is 0.141 e. The summed E-state index contributed by atoms with van der Waals surface area (Å²) in [6.45, 7) is 3.22. The van der Waals surface area contributed by atoms with Crippen molar-refractivity contribution in [3.63, 3.8) is 0 Å². The molecule has 2 N–H and O–H groups in total. The van der Waals surface area contributed by atoms with Gasteiger partial charge in [0.25, 0.3) is 0 Å². The Hall–Kier alpha value is -1.00. The largest absolute Gasteiger partial charge is 0.396 e. The molecule has 0 radical (unpaired) electrons. The van der Waals surface area contributed by atoms with Crippen molar-refractivity contribution in [2.45, 2.75) is 38.6 Å². The first kappa shape index (κ1) is 14.4. The molecule has 3 unspecified atom stereocenters. The van der Waals surface area contributed by atoms with Crippen LogP contribution in [-0.4, -0.2) is 23.2 Å². The van der Waals surface area contributed by atoms with E-state index in [1.165, 1.54) is 31.5 Å². The summed E-state index contributed by atoms with van der Waals surface area (Å²) in [5, 5.41) is 12.8. The first-order chi connectivity index (χ1) is 9.20. The predicted octanol–water partition coefficient (Wildman–Crippen LogP) is 2.67. The molecule has 1 aromatic rings. The third kappa shape index (κ3) is 3.98. The van der Waals surface area contributed by atoms with Gasteiger partial charge in [-0.15, -0.1) is 0 Å². The van der Waals surface area contributed by atoms with Gasteiger partial charge >= 0.3 is 0 Å². The molecule has 2 rings (SSSR count). The number of pyridine rings is 1. The molecule has 0 aliphatic heterocycles. The number of nitrogens with one attached hydrogen (secondary N) is 1. The molecule has 4 heteroatoms. The van der Waals surface area contributed by atoms with Crippen molar-refractivity contribution in [1.29, 1.82) is 0 Å². The molecule has 3 nitrogen and oxygen atoms in total. The van der Waals surface area contributed by atoms with Crippen molar-refractivity contribution in [3.05, 3.63) is 29.8 Å². The van der Waals surface area contributed by atoms with E-state index < -0.39 is 0 Å². The predicted molar refractivity (Wildman–Crippen MR) is 73.1 cm³/mol. The molecule has 1 saturated carbocycles. The van der Waals surface area contributed by atoms with Crippen LogP contribution in [0.1, 0.15) is 44.3 Å². The smallest absolute Gasteiger partial charge is 0.141 e. The highest BCUT2D eigenvalue weighted by Crippen LogP contribution is 2.29. The van der Waals surface area contributed by atoms with Gasteiger partial charge < -0.3 is 10.4 Å². The van der Waals surface area contributed by atoms with Crippen LogP contribution in [0.5, 0.6) is 0 Å². The van der Waals surface area contributed by atoms with Gasteiger partial charge in [-0.3, -0.25) is 4.98 Å². The van der Waals surface area contributed by atoms with E-state index in [2.05, 4.69) is 10.3 Å². The van der Waals surface area contributed by atoms with Gasteiger partial charge in [-0.1, -0.05) is 12.8 Å². The van der Waals surface area contributed by atoms with Gasteiger partial charge in [0.15, 0.2) is 0 Å². The molecule has 106 valence electrons. The fraction of sp³-hybridized carbons (Fsp3) is 0.667. The van der Waals surface area contributed by atoms with Crippen LogP contribution in [-0.2, 0) is 0 Å². The monoisotopic (exact) mass is 266 g/mol. The van der Waals surface area contributed by atoms with Gasteiger partial charge in [0.2, 0.25) is 0 Å². The maximum absolute atomic E-state index is 12.8. The Balaban J connectivity index is 1.85. The Morgan fingerprint density at radius 3 is 2.74 bits per heavy atom. The molecular weight excluding hydrogens is 243 g/mol. The van der Waals surface area contributed by atoms with E-state index >= 15 is 0 Å². The minimum atomic E-state index is -0.302. The summed E-state index contributed by atoms with van der Waals surface area (Å²) in [5.41, 5.74) is 0.859. The number of aliphatic hydroxyl groups excluding tert-OH is 1. The lowest BCUT2D eigenvalue weighted by Gasteiger charge is -2.31. The summed E-state index contributed by atoms with van der Waals surface area (Å²) < 4.78 is 12.8. The molecular formula is C15H23FN2O. The van der Waals surface area contributed by atoms with Crippen LogP contribution < -0.4 is 5.32 Å². The molecule has 0 amide bonds. The van der Waals surface area contributed by atoms with Crippen LogP contribution in [0.25, 0.3) is 0 Å². The molecule has 1 aromatic heterocycles. The highest BCUT2D eigenvalue weighted by molar-refractivity contribution is 5.08. The van der Waals surface area contributed by atoms with E-state index in [9.17, 15) is 9.50 Å². The molecule has 1 heterocycles. The molecule has 0 aromatic carbocycles. The molecule has 1 aliphatic rings. The molecule has 0 bridgehead atoms. The van der Waals surface area contributed by atoms with Crippen molar-refractivity contribution in [2.24, 2.45) is 11.8 Å². The summed E-state index contributed by atoms with van der Waals surface area (Å²) >= 11 is 0. The van der Waals surface area contributed by atoms with E-state index in [-0.39, 0.29) is 18.5 Å². The number of aromatic nitrogens is 1. The fourth-order valence-corrected chi connectivity index (χ4v) is 2.87. The number of halogens is 1. The number of aliphatic hydroxyl groups is 1. The second-order valence-corrected chi connectivity index (χ2v) is 5.52. The first-order valence-electron chi connectivity index (χ1n) is 7.16. The van der Waals surface area contributed by atoms with Crippen molar-refractivity contribution in [3.8, 4) is 0 Å². The third-order valence-electron chi connectivity index (χ3n) is 4.18. The molecule has 19 heavy (non-hydrogen) atoms. The van der Waals surface area contributed by atoms with Crippen LogP contribution in [0.3, 0.4) is 0 Å². The van der Waals surface area contributed by atoms with E-state index in [0.717, 1.165) is 18.7 Å². The molecule has 0 saturated heterocycles. The average molecular weight is 266 g/mol. The Kier molecular flexibility index (Phi) is 5.28. The Bertz CT molecular complexity index is 382. The second-order valence-electron chi connectivity index (χ2n) is 5.52. The van der Waals surface area contributed by atoms with E-state index in [1.54, 1.807) is 6.07 Å². The second kappa shape index (κ2) is 6.96. The van der Waals surface area contributed by atoms with Crippen LogP contribution in [0.4, 0.5) is 4.39 Å². The number of nitrogens with zero attached hydrogens (tertiary/aromatic N) is 1. The van der Waals surface area contributed by atoms with E-state index in [0.29, 0.717) is 11.8 Å². The summed E-state index contributed by atoms with van der Waals surface area (Å²) in [7, 11) is 0. The van der Waals surface area contributed by atoms with Crippen molar-refractivity contribution < 1.29 is 9.50 Å². The van der Waals surface area contributed by atoms with Crippen LogP contribution >= 0.6 is 0 Å². The van der Waals surface area contributed by atoms with Gasteiger partial charge in [0, 0.05) is 12.6 Å². The summed E-state index contributed by atoms with van der Waals surface area (Å²) in [6.07, 6.45) is 6.06. The normalized spacial score (nSPS) is 25.2. The lowest BCUT2D eigenvalue weighted by molar-refractivity contribution is 0.131. The summed E-state index contributed by atoms with van der Waals surface area (Å²) in [6, 6.07) is 3.27. The minimum Gasteiger partial charge on any atom is -0.396 e.